The molecular weight excluding hydrogens is 218 g/mol. The number of hydrogen-bond donors (Lipinski definition) is 1. The number of carboxylic acids is 1. The van der Waals surface area contributed by atoms with Crippen LogP contribution in [-0.2, 0) is 11.3 Å². The number of carbonyl (C=O) groups is 1. The molecule has 0 spiro atoms. The molecule has 0 atom stereocenters. The Balaban J connectivity index is 2.64. The third-order valence-corrected chi connectivity index (χ3v) is 2.40. The number of hydrogen-bond acceptors (Lipinski definition) is 3. The Kier molecular flexibility index (Phi) is 4.72. The van der Waals surface area contributed by atoms with Crippen molar-refractivity contribution in [1.82, 2.24) is 4.90 Å². The van der Waals surface area contributed by atoms with E-state index in [-0.39, 0.29) is 5.57 Å². The summed E-state index contributed by atoms with van der Waals surface area (Å²) in [5.41, 5.74) is 1.21. The van der Waals surface area contributed by atoms with Crippen molar-refractivity contribution in [3.05, 3.63) is 42.0 Å². The number of rotatable bonds is 6. The van der Waals surface area contributed by atoms with Crippen LogP contribution in [-0.4, -0.2) is 36.7 Å². The molecule has 1 aromatic rings. The highest BCUT2D eigenvalue weighted by atomic mass is 16.5. The van der Waals surface area contributed by atoms with E-state index < -0.39 is 5.97 Å². The Morgan fingerprint density at radius 2 is 2.12 bits per heavy atom. The van der Waals surface area contributed by atoms with Crippen LogP contribution in [0.4, 0.5) is 0 Å². The van der Waals surface area contributed by atoms with Crippen LogP contribution in [0.15, 0.2) is 36.4 Å². The number of likely N-dealkylation sites (N-methyl/N-ethyl adjacent to an activating group) is 1. The minimum Gasteiger partial charge on any atom is -0.496 e. The molecule has 0 aliphatic heterocycles. The van der Waals surface area contributed by atoms with Gasteiger partial charge in [-0.2, -0.15) is 0 Å². The Morgan fingerprint density at radius 3 is 2.71 bits per heavy atom. The summed E-state index contributed by atoms with van der Waals surface area (Å²) in [4.78, 5) is 12.5. The van der Waals surface area contributed by atoms with Crippen LogP contribution in [0.5, 0.6) is 5.75 Å². The lowest BCUT2D eigenvalue weighted by molar-refractivity contribution is -0.132. The van der Waals surface area contributed by atoms with Gasteiger partial charge in [-0.1, -0.05) is 24.8 Å². The van der Waals surface area contributed by atoms with Gasteiger partial charge >= 0.3 is 5.97 Å². The van der Waals surface area contributed by atoms with Gasteiger partial charge < -0.3 is 9.84 Å². The normalized spacial score (nSPS) is 10.3. The van der Waals surface area contributed by atoms with Gasteiger partial charge in [-0.3, -0.25) is 4.90 Å². The van der Waals surface area contributed by atoms with Gasteiger partial charge in [0.25, 0.3) is 0 Å². The molecule has 1 N–H and O–H groups in total. The summed E-state index contributed by atoms with van der Waals surface area (Å²) in [7, 11) is 3.47. The number of nitrogens with zero attached hydrogens (tertiary/aromatic N) is 1. The fourth-order valence-corrected chi connectivity index (χ4v) is 1.57. The molecule has 0 unspecified atom stereocenters. The Hall–Kier alpha value is -1.81. The van der Waals surface area contributed by atoms with Gasteiger partial charge in [0.05, 0.1) is 7.11 Å². The van der Waals surface area contributed by atoms with Gasteiger partial charge in [-0.15, -0.1) is 0 Å². The molecule has 1 aromatic carbocycles. The van der Waals surface area contributed by atoms with Crippen LogP contribution in [0.1, 0.15) is 5.56 Å². The average Bonchev–Trinajstić information content (AvgIpc) is 2.29. The fourth-order valence-electron chi connectivity index (χ4n) is 1.57. The smallest absolute Gasteiger partial charge is 0.332 e. The molecule has 0 aliphatic rings. The average molecular weight is 235 g/mol. The monoisotopic (exact) mass is 235 g/mol. The zero-order valence-electron chi connectivity index (χ0n) is 10.1. The van der Waals surface area contributed by atoms with Gasteiger partial charge in [0, 0.05) is 24.2 Å². The van der Waals surface area contributed by atoms with Crippen molar-refractivity contribution in [1.29, 1.82) is 0 Å². The topological polar surface area (TPSA) is 49.8 Å². The van der Waals surface area contributed by atoms with Gasteiger partial charge in [0.2, 0.25) is 0 Å². The number of benzene rings is 1. The van der Waals surface area contributed by atoms with E-state index in [0.717, 1.165) is 11.3 Å². The van der Waals surface area contributed by atoms with Crippen molar-refractivity contribution in [2.24, 2.45) is 0 Å². The SMILES string of the molecule is C=C(CN(C)Cc1ccccc1OC)C(=O)O. The van der Waals surface area contributed by atoms with E-state index in [9.17, 15) is 4.79 Å². The van der Waals surface area contributed by atoms with Crippen LogP contribution >= 0.6 is 0 Å². The van der Waals surface area contributed by atoms with Crippen LogP contribution < -0.4 is 4.74 Å². The van der Waals surface area contributed by atoms with E-state index >= 15 is 0 Å². The number of carboxylic acid groups (broad SMARTS) is 1. The molecule has 0 saturated carbocycles. The second-order valence-corrected chi connectivity index (χ2v) is 3.89. The van der Waals surface area contributed by atoms with Crippen molar-refractivity contribution in [2.45, 2.75) is 6.54 Å². The molecule has 0 amide bonds. The predicted octanol–water partition coefficient (Wildman–Crippen LogP) is 1.77. The molecule has 1 rings (SSSR count). The van der Waals surface area contributed by atoms with Crippen molar-refractivity contribution in [3.63, 3.8) is 0 Å². The first-order chi connectivity index (χ1) is 8.04. The first-order valence-electron chi connectivity index (χ1n) is 5.26. The largest absolute Gasteiger partial charge is 0.496 e. The number of aliphatic carboxylic acids is 1. The van der Waals surface area contributed by atoms with Crippen molar-refractivity contribution >= 4 is 5.97 Å². The molecule has 0 saturated heterocycles. The summed E-state index contributed by atoms with van der Waals surface area (Å²) in [6, 6.07) is 7.67. The van der Waals surface area contributed by atoms with Crippen molar-refractivity contribution in [3.8, 4) is 5.75 Å². The summed E-state index contributed by atoms with van der Waals surface area (Å²) >= 11 is 0. The van der Waals surface area contributed by atoms with E-state index in [2.05, 4.69) is 6.58 Å². The highest BCUT2D eigenvalue weighted by molar-refractivity contribution is 5.86. The zero-order chi connectivity index (χ0) is 12.8. The van der Waals surface area contributed by atoms with Gasteiger partial charge in [-0.25, -0.2) is 4.79 Å². The number of methoxy groups -OCH3 is 1. The molecule has 0 bridgehead atoms. The lowest BCUT2D eigenvalue weighted by atomic mass is 10.2. The Morgan fingerprint density at radius 1 is 1.47 bits per heavy atom. The summed E-state index contributed by atoms with van der Waals surface area (Å²) in [6.45, 7) is 4.45. The van der Waals surface area contributed by atoms with E-state index in [0.29, 0.717) is 13.1 Å². The molecule has 0 aliphatic carbocycles. The zero-order valence-corrected chi connectivity index (χ0v) is 10.1. The maximum atomic E-state index is 10.7. The molecule has 0 radical (unpaired) electrons. The van der Waals surface area contributed by atoms with Crippen molar-refractivity contribution < 1.29 is 14.6 Å². The summed E-state index contributed by atoms with van der Waals surface area (Å²) in [5, 5.41) is 8.75. The second-order valence-electron chi connectivity index (χ2n) is 3.89. The molecule has 17 heavy (non-hydrogen) atoms. The second kappa shape index (κ2) is 6.06. The minimum absolute atomic E-state index is 0.183. The number of para-hydroxylation sites is 1. The third-order valence-electron chi connectivity index (χ3n) is 2.40. The lowest BCUT2D eigenvalue weighted by Gasteiger charge is -2.18. The highest BCUT2D eigenvalue weighted by Crippen LogP contribution is 2.18. The lowest BCUT2D eigenvalue weighted by Crippen LogP contribution is -2.23. The molecule has 0 heterocycles. The van der Waals surface area contributed by atoms with E-state index in [1.54, 1.807) is 7.11 Å². The third kappa shape index (κ3) is 3.92. The van der Waals surface area contributed by atoms with Crippen LogP contribution in [0, 0.1) is 0 Å². The highest BCUT2D eigenvalue weighted by Gasteiger charge is 2.10. The standard InChI is InChI=1S/C13H17NO3/c1-10(13(15)16)8-14(2)9-11-6-4-5-7-12(11)17-3/h4-7H,1,8-9H2,2-3H3,(H,15,16). The summed E-state index contributed by atoms with van der Waals surface area (Å²) < 4.78 is 5.23. The van der Waals surface area contributed by atoms with Crippen LogP contribution in [0.25, 0.3) is 0 Å². The molecular formula is C13H17NO3. The van der Waals surface area contributed by atoms with Gasteiger partial charge in [0.1, 0.15) is 5.75 Å². The summed E-state index contributed by atoms with van der Waals surface area (Å²) in [5.74, 6) is -0.155. The Bertz CT molecular complexity index is 415. The predicted molar refractivity (Wildman–Crippen MR) is 66.1 cm³/mol. The molecule has 4 heteroatoms. The first kappa shape index (κ1) is 13.3. The van der Waals surface area contributed by atoms with Crippen LogP contribution in [0.3, 0.4) is 0 Å². The molecule has 92 valence electrons. The van der Waals surface area contributed by atoms with E-state index in [1.807, 2.05) is 36.2 Å². The van der Waals surface area contributed by atoms with Gasteiger partial charge in [0.15, 0.2) is 0 Å². The van der Waals surface area contributed by atoms with E-state index in [1.165, 1.54) is 0 Å². The molecule has 4 nitrogen and oxygen atoms in total. The van der Waals surface area contributed by atoms with Gasteiger partial charge in [-0.05, 0) is 13.1 Å². The first-order valence-corrected chi connectivity index (χ1v) is 5.26. The molecule has 0 fully saturated rings. The van der Waals surface area contributed by atoms with Crippen molar-refractivity contribution in [2.75, 3.05) is 20.7 Å². The Labute approximate surface area is 101 Å². The van der Waals surface area contributed by atoms with Crippen LogP contribution in [0.2, 0.25) is 0 Å². The maximum absolute atomic E-state index is 10.7. The minimum atomic E-state index is -0.961. The molecule has 0 aromatic heterocycles. The van der Waals surface area contributed by atoms with E-state index in [4.69, 9.17) is 9.84 Å². The fraction of sp³-hybridized carbons (Fsp3) is 0.308. The maximum Gasteiger partial charge on any atom is 0.332 e. The quantitative estimate of drug-likeness (QED) is 0.763. The number of ether oxygens (including phenoxy) is 1. The summed E-state index contributed by atoms with van der Waals surface area (Å²) in [6.07, 6.45) is 0.